The lowest BCUT2D eigenvalue weighted by Gasteiger charge is -2.19. The molecule has 1 amide bonds. The van der Waals surface area contributed by atoms with Gasteiger partial charge in [-0.1, -0.05) is 6.07 Å². The molecule has 0 bridgehead atoms. The Kier molecular flexibility index (Phi) is 7.99. The summed E-state index contributed by atoms with van der Waals surface area (Å²) in [6, 6.07) is 9.95. The number of nitrogens with one attached hydrogen (secondary N) is 3. The third-order valence-corrected chi connectivity index (χ3v) is 6.08. The van der Waals surface area contributed by atoms with E-state index in [-0.39, 0.29) is 17.8 Å². The van der Waals surface area contributed by atoms with Gasteiger partial charge in [0.05, 0.1) is 23.4 Å². The van der Waals surface area contributed by atoms with Crippen LogP contribution in [0.4, 0.5) is 30.6 Å². The van der Waals surface area contributed by atoms with Crippen LogP contribution >= 0.6 is 0 Å². The molecule has 1 aliphatic rings. The Morgan fingerprint density at radius 1 is 1.11 bits per heavy atom. The number of carbonyl (C=O) groups excluding carboxylic acids is 1. The maximum atomic E-state index is 13.0. The number of rotatable bonds is 9. The van der Waals surface area contributed by atoms with Gasteiger partial charge in [0, 0.05) is 30.7 Å². The minimum Gasteiger partial charge on any atom is -0.364 e. The van der Waals surface area contributed by atoms with Gasteiger partial charge in [-0.25, -0.2) is 15.0 Å². The fourth-order valence-corrected chi connectivity index (χ4v) is 4.15. The number of pyridine rings is 1. The van der Waals surface area contributed by atoms with Gasteiger partial charge >= 0.3 is 6.18 Å². The number of aromatic nitrogens is 3. The highest BCUT2D eigenvalue weighted by molar-refractivity contribution is 6.07. The first-order chi connectivity index (χ1) is 17.3. The fraction of sp³-hybridized carbons (Fsp3) is 0.360. The molecule has 36 heavy (non-hydrogen) atoms. The van der Waals surface area contributed by atoms with Gasteiger partial charge in [-0.2, -0.15) is 13.2 Å². The Morgan fingerprint density at radius 2 is 1.97 bits per heavy atom. The molecule has 0 saturated carbocycles. The molecular weight excluding hydrogens is 471 g/mol. The first-order valence-corrected chi connectivity index (χ1v) is 11.7. The number of amides is 1. The van der Waals surface area contributed by atoms with Gasteiger partial charge in [0.2, 0.25) is 5.95 Å². The van der Waals surface area contributed by atoms with Crippen LogP contribution in [0, 0.1) is 0 Å². The Morgan fingerprint density at radius 3 is 2.75 bits per heavy atom. The number of carbonyl (C=O) groups is 1. The molecule has 3 aromatic rings. The minimum atomic E-state index is -4.50. The third-order valence-electron chi connectivity index (χ3n) is 6.08. The van der Waals surface area contributed by atoms with Crippen molar-refractivity contribution in [3.8, 4) is 0 Å². The Labute approximate surface area is 207 Å². The van der Waals surface area contributed by atoms with E-state index in [2.05, 4.69) is 42.8 Å². The molecule has 3 heterocycles. The molecule has 0 aliphatic carbocycles. The molecule has 1 fully saturated rings. The van der Waals surface area contributed by atoms with Crippen LogP contribution in [0.25, 0.3) is 0 Å². The van der Waals surface area contributed by atoms with Gasteiger partial charge in [-0.05, 0) is 69.3 Å². The standard InChI is InChI=1S/C25H28F3N7O/c1-35-14-4-7-20(35)10-13-31-24-30-12-9-19(34-24)16-32-22-21(8-3-11-29-22)23(36)33-18-6-2-5-17(15-18)25(26,27)28/h2-3,5-6,8-9,11-12,15,20H,4,7,10,13-14,16H2,1H3,(H,29,32)(H,33,36)(H,30,31,34). The van der Waals surface area contributed by atoms with Crippen molar-refractivity contribution in [1.29, 1.82) is 0 Å². The van der Waals surface area contributed by atoms with Gasteiger partial charge in [0.25, 0.3) is 5.91 Å². The molecule has 1 unspecified atom stereocenters. The predicted molar refractivity (Wildman–Crippen MR) is 132 cm³/mol. The van der Waals surface area contributed by atoms with Gasteiger partial charge < -0.3 is 20.9 Å². The summed E-state index contributed by atoms with van der Waals surface area (Å²) in [6.07, 6.45) is 2.13. The molecule has 1 aliphatic heterocycles. The van der Waals surface area contributed by atoms with Crippen LogP contribution in [0.1, 0.15) is 40.9 Å². The van der Waals surface area contributed by atoms with Crippen LogP contribution < -0.4 is 16.0 Å². The van der Waals surface area contributed by atoms with Crippen LogP contribution in [0.3, 0.4) is 0 Å². The number of nitrogens with zero attached hydrogens (tertiary/aromatic N) is 4. The molecule has 3 N–H and O–H groups in total. The number of benzene rings is 1. The summed E-state index contributed by atoms with van der Waals surface area (Å²) >= 11 is 0. The van der Waals surface area contributed by atoms with Crippen LogP contribution in [0.2, 0.25) is 0 Å². The highest BCUT2D eigenvalue weighted by Gasteiger charge is 2.30. The molecule has 8 nitrogen and oxygen atoms in total. The predicted octanol–water partition coefficient (Wildman–Crippen LogP) is 4.65. The summed E-state index contributed by atoms with van der Waals surface area (Å²) in [5, 5.41) is 8.86. The van der Waals surface area contributed by atoms with Crippen molar-refractivity contribution in [2.45, 2.75) is 38.0 Å². The minimum absolute atomic E-state index is 0.0416. The summed E-state index contributed by atoms with van der Waals surface area (Å²) in [4.78, 5) is 28.2. The number of hydrogen-bond donors (Lipinski definition) is 3. The van der Waals surface area contributed by atoms with Crippen LogP contribution in [-0.2, 0) is 12.7 Å². The lowest BCUT2D eigenvalue weighted by molar-refractivity contribution is -0.137. The molecular formula is C25H28F3N7O. The first kappa shape index (κ1) is 25.4. The Hall–Kier alpha value is -3.73. The molecule has 0 radical (unpaired) electrons. The van der Waals surface area contributed by atoms with E-state index in [9.17, 15) is 18.0 Å². The van der Waals surface area contributed by atoms with E-state index < -0.39 is 17.6 Å². The fourth-order valence-electron chi connectivity index (χ4n) is 4.15. The largest absolute Gasteiger partial charge is 0.416 e. The first-order valence-electron chi connectivity index (χ1n) is 11.7. The third kappa shape index (κ3) is 6.69. The van der Waals surface area contributed by atoms with Gasteiger partial charge in [-0.15, -0.1) is 0 Å². The van der Waals surface area contributed by atoms with Crippen LogP contribution in [0.15, 0.2) is 54.9 Å². The van der Waals surface area contributed by atoms with E-state index in [1.807, 2.05) is 0 Å². The molecule has 0 spiro atoms. The van der Waals surface area contributed by atoms with E-state index >= 15 is 0 Å². The second-order valence-electron chi connectivity index (χ2n) is 8.65. The second-order valence-corrected chi connectivity index (χ2v) is 8.65. The molecule has 1 saturated heterocycles. The van der Waals surface area contributed by atoms with Crippen molar-refractivity contribution < 1.29 is 18.0 Å². The van der Waals surface area contributed by atoms with Crippen molar-refractivity contribution in [3.63, 3.8) is 0 Å². The highest BCUT2D eigenvalue weighted by Crippen LogP contribution is 2.31. The van der Waals surface area contributed by atoms with E-state index in [1.54, 1.807) is 24.4 Å². The second kappa shape index (κ2) is 11.3. The molecule has 4 rings (SSSR count). The van der Waals surface area contributed by atoms with E-state index in [1.165, 1.54) is 31.2 Å². The smallest absolute Gasteiger partial charge is 0.364 e. The summed E-state index contributed by atoms with van der Waals surface area (Å²) in [7, 11) is 2.15. The lowest BCUT2D eigenvalue weighted by atomic mass is 10.1. The molecule has 2 aromatic heterocycles. The van der Waals surface area contributed by atoms with E-state index in [0.717, 1.165) is 31.6 Å². The van der Waals surface area contributed by atoms with Crippen molar-refractivity contribution >= 4 is 23.4 Å². The van der Waals surface area contributed by atoms with Crippen LogP contribution in [-0.4, -0.2) is 51.9 Å². The zero-order chi connectivity index (χ0) is 25.5. The number of hydrogen-bond acceptors (Lipinski definition) is 7. The zero-order valence-corrected chi connectivity index (χ0v) is 19.8. The summed E-state index contributed by atoms with van der Waals surface area (Å²) in [6.45, 7) is 2.19. The van der Waals surface area contributed by atoms with Crippen molar-refractivity contribution in [3.05, 3.63) is 71.7 Å². The number of alkyl halides is 3. The zero-order valence-electron chi connectivity index (χ0n) is 19.8. The average molecular weight is 500 g/mol. The van der Waals surface area contributed by atoms with Gasteiger partial charge in [-0.3, -0.25) is 4.79 Å². The maximum absolute atomic E-state index is 13.0. The van der Waals surface area contributed by atoms with Gasteiger partial charge in [0.15, 0.2) is 0 Å². The normalized spacial score (nSPS) is 16.1. The molecule has 11 heteroatoms. The average Bonchev–Trinajstić information content (AvgIpc) is 3.27. The van der Waals surface area contributed by atoms with Gasteiger partial charge in [0.1, 0.15) is 5.82 Å². The lowest BCUT2D eigenvalue weighted by Crippen LogP contribution is -2.27. The molecule has 1 aromatic carbocycles. The maximum Gasteiger partial charge on any atom is 0.416 e. The van der Waals surface area contributed by atoms with Crippen LogP contribution in [0.5, 0.6) is 0 Å². The molecule has 1 atom stereocenters. The van der Waals surface area contributed by atoms with Crippen molar-refractivity contribution in [2.75, 3.05) is 36.1 Å². The van der Waals surface area contributed by atoms with Crippen molar-refractivity contribution in [1.82, 2.24) is 19.9 Å². The number of likely N-dealkylation sites (tertiary alicyclic amines) is 1. The Bertz CT molecular complexity index is 1190. The SMILES string of the molecule is CN1CCCC1CCNc1nccc(CNc2ncccc2C(=O)Nc2cccc(C(F)(F)F)c2)n1. The Balaban J connectivity index is 1.36. The number of halogens is 3. The van der Waals surface area contributed by atoms with E-state index in [0.29, 0.717) is 23.5 Å². The monoisotopic (exact) mass is 499 g/mol. The number of anilines is 3. The summed E-state index contributed by atoms with van der Waals surface area (Å²) < 4.78 is 39.0. The van der Waals surface area contributed by atoms with E-state index in [4.69, 9.17) is 0 Å². The summed E-state index contributed by atoms with van der Waals surface area (Å²) in [5.41, 5.74) is 0.0941. The summed E-state index contributed by atoms with van der Waals surface area (Å²) in [5.74, 6) is 0.240. The van der Waals surface area contributed by atoms with Crippen molar-refractivity contribution in [2.24, 2.45) is 0 Å². The molecule has 190 valence electrons. The quantitative estimate of drug-likeness (QED) is 0.395. The topological polar surface area (TPSA) is 95.1 Å². The highest BCUT2D eigenvalue weighted by atomic mass is 19.4.